The number of halogens is 1. The summed E-state index contributed by atoms with van der Waals surface area (Å²) < 4.78 is 3.39. The molecule has 2 aromatic heterocycles. The zero-order valence-electron chi connectivity index (χ0n) is 12.9. The summed E-state index contributed by atoms with van der Waals surface area (Å²) in [7, 11) is 0. The Morgan fingerprint density at radius 1 is 1.32 bits per heavy atom. The number of fused-ring (bicyclic) bond motifs is 1. The normalized spacial score (nSPS) is 23.1. The van der Waals surface area contributed by atoms with Crippen molar-refractivity contribution in [2.75, 3.05) is 25.0 Å². The number of hydrogen-bond donors (Lipinski definition) is 1. The third kappa shape index (κ3) is 2.63. The first kappa shape index (κ1) is 14.5. The van der Waals surface area contributed by atoms with Crippen LogP contribution in [0.15, 0.2) is 17.0 Å². The average Bonchev–Trinajstić information content (AvgIpc) is 3.32. The molecule has 1 saturated heterocycles. The smallest absolute Gasteiger partial charge is 0.146 e. The minimum absolute atomic E-state index is 0.475. The highest BCUT2D eigenvalue weighted by Crippen LogP contribution is 2.41. The molecule has 118 valence electrons. The lowest BCUT2D eigenvalue weighted by Gasteiger charge is -2.32. The molecule has 4 rings (SSSR count). The Morgan fingerprint density at radius 3 is 2.95 bits per heavy atom. The van der Waals surface area contributed by atoms with Crippen LogP contribution in [0.4, 0.5) is 5.82 Å². The van der Waals surface area contributed by atoms with Crippen molar-refractivity contribution >= 4 is 32.8 Å². The van der Waals surface area contributed by atoms with Crippen molar-refractivity contribution in [2.45, 2.75) is 44.7 Å². The van der Waals surface area contributed by atoms with Crippen molar-refractivity contribution < 1.29 is 0 Å². The summed E-state index contributed by atoms with van der Waals surface area (Å²) in [6.45, 7) is 5.68. The lowest BCUT2D eigenvalue weighted by Crippen LogP contribution is -2.42. The van der Waals surface area contributed by atoms with Gasteiger partial charge in [0.2, 0.25) is 0 Å². The fourth-order valence-corrected chi connectivity index (χ4v) is 4.02. The van der Waals surface area contributed by atoms with Gasteiger partial charge in [0.1, 0.15) is 17.8 Å². The fraction of sp³-hybridized carbons (Fsp3) is 0.625. The predicted molar refractivity (Wildman–Crippen MR) is 92.3 cm³/mol. The van der Waals surface area contributed by atoms with E-state index in [1.807, 2.05) is 0 Å². The number of nitrogens with zero attached hydrogens (tertiary/aromatic N) is 4. The minimum Gasteiger partial charge on any atom is -0.365 e. The molecule has 0 bridgehead atoms. The van der Waals surface area contributed by atoms with Gasteiger partial charge in [-0.1, -0.05) is 6.92 Å². The van der Waals surface area contributed by atoms with Crippen LogP contribution in [-0.4, -0.2) is 45.1 Å². The van der Waals surface area contributed by atoms with Gasteiger partial charge in [0.05, 0.1) is 5.39 Å². The van der Waals surface area contributed by atoms with E-state index in [4.69, 9.17) is 0 Å². The van der Waals surface area contributed by atoms with E-state index in [1.54, 1.807) is 6.33 Å². The van der Waals surface area contributed by atoms with Gasteiger partial charge in [-0.3, -0.25) is 0 Å². The molecule has 1 saturated carbocycles. The number of nitrogens with one attached hydrogen (secondary N) is 1. The summed E-state index contributed by atoms with van der Waals surface area (Å²) in [5.74, 6) is 0.972. The molecular weight excluding hydrogens is 342 g/mol. The van der Waals surface area contributed by atoms with Crippen LogP contribution in [0.5, 0.6) is 0 Å². The number of likely N-dealkylation sites (N-methyl/N-ethyl adjacent to an activating group) is 1. The van der Waals surface area contributed by atoms with Gasteiger partial charge in [-0.25, -0.2) is 9.97 Å². The summed E-state index contributed by atoms with van der Waals surface area (Å²) in [5.41, 5.74) is 1.05. The van der Waals surface area contributed by atoms with E-state index in [1.165, 1.54) is 32.2 Å². The molecule has 5 nitrogen and oxygen atoms in total. The third-order valence-electron chi connectivity index (χ3n) is 4.80. The highest BCUT2D eigenvalue weighted by atomic mass is 79.9. The van der Waals surface area contributed by atoms with Crippen LogP contribution in [0.2, 0.25) is 0 Å². The van der Waals surface area contributed by atoms with Crippen LogP contribution < -0.4 is 5.32 Å². The maximum Gasteiger partial charge on any atom is 0.146 e. The molecule has 1 N–H and O–H groups in total. The van der Waals surface area contributed by atoms with Crippen molar-refractivity contribution in [3.8, 4) is 0 Å². The van der Waals surface area contributed by atoms with Gasteiger partial charge in [0.15, 0.2) is 0 Å². The molecule has 1 unspecified atom stereocenters. The lowest BCUT2D eigenvalue weighted by molar-refractivity contribution is 0.226. The van der Waals surface area contributed by atoms with E-state index < -0.39 is 0 Å². The quantitative estimate of drug-likeness (QED) is 0.903. The maximum absolute atomic E-state index is 4.52. The number of aromatic nitrogens is 3. The van der Waals surface area contributed by atoms with E-state index in [0.717, 1.165) is 34.4 Å². The first-order chi connectivity index (χ1) is 10.8. The van der Waals surface area contributed by atoms with Crippen LogP contribution in [0.25, 0.3) is 11.0 Å². The molecule has 0 aromatic carbocycles. The van der Waals surface area contributed by atoms with Gasteiger partial charge in [0.25, 0.3) is 0 Å². The molecule has 6 heteroatoms. The summed E-state index contributed by atoms with van der Waals surface area (Å²) in [6.07, 6.45) is 8.85. The number of piperidine rings is 1. The standard InChI is InChI=1S/C16H22BrN5/c1-2-21-7-3-4-11(8-21)20-15-14-13(17)9-22(12-5-6-12)16(14)19-10-18-15/h9-12H,2-8H2,1H3,(H,18,19,20). The van der Waals surface area contributed by atoms with E-state index in [-0.39, 0.29) is 0 Å². The first-order valence-electron chi connectivity index (χ1n) is 8.26. The molecule has 0 spiro atoms. The minimum atomic E-state index is 0.475. The molecule has 22 heavy (non-hydrogen) atoms. The van der Waals surface area contributed by atoms with Gasteiger partial charge in [-0.2, -0.15) is 0 Å². The zero-order chi connectivity index (χ0) is 15.1. The zero-order valence-corrected chi connectivity index (χ0v) is 14.5. The first-order valence-corrected chi connectivity index (χ1v) is 9.05. The largest absolute Gasteiger partial charge is 0.365 e. The van der Waals surface area contributed by atoms with Gasteiger partial charge in [0, 0.05) is 29.3 Å². The van der Waals surface area contributed by atoms with E-state index >= 15 is 0 Å². The second-order valence-corrected chi connectivity index (χ2v) is 7.27. The predicted octanol–water partition coefficient (Wildman–Crippen LogP) is 3.42. The summed E-state index contributed by atoms with van der Waals surface area (Å²) in [4.78, 5) is 11.5. The molecule has 0 amide bonds. The van der Waals surface area contributed by atoms with Gasteiger partial charge >= 0.3 is 0 Å². The van der Waals surface area contributed by atoms with Crippen LogP contribution in [0, 0.1) is 0 Å². The Labute approximate surface area is 139 Å². The van der Waals surface area contributed by atoms with Crippen LogP contribution in [0.3, 0.4) is 0 Å². The Bertz CT molecular complexity index is 678. The SMILES string of the molecule is CCN1CCCC(Nc2ncnc3c2c(Br)cn3C2CC2)C1. The van der Waals surface area contributed by atoms with Crippen LogP contribution in [-0.2, 0) is 0 Å². The number of likely N-dealkylation sites (tertiary alicyclic amines) is 1. The van der Waals surface area contributed by atoms with Gasteiger partial charge < -0.3 is 14.8 Å². The molecule has 3 heterocycles. The van der Waals surface area contributed by atoms with E-state index in [0.29, 0.717) is 12.1 Å². The Kier molecular flexibility index (Phi) is 3.82. The Morgan fingerprint density at radius 2 is 2.18 bits per heavy atom. The number of rotatable bonds is 4. The molecule has 1 aliphatic heterocycles. The topological polar surface area (TPSA) is 46.0 Å². The van der Waals surface area contributed by atoms with E-state index in [2.05, 4.69) is 53.8 Å². The second-order valence-electron chi connectivity index (χ2n) is 6.41. The number of hydrogen-bond acceptors (Lipinski definition) is 4. The van der Waals surface area contributed by atoms with E-state index in [9.17, 15) is 0 Å². The maximum atomic E-state index is 4.52. The molecule has 1 aliphatic carbocycles. The summed E-state index contributed by atoms with van der Waals surface area (Å²) in [6, 6.07) is 1.10. The average molecular weight is 364 g/mol. The summed E-state index contributed by atoms with van der Waals surface area (Å²) in [5, 5.41) is 4.79. The second kappa shape index (κ2) is 5.81. The molecule has 2 aliphatic rings. The molecular formula is C16H22BrN5. The molecule has 0 radical (unpaired) electrons. The van der Waals surface area contributed by atoms with Crippen molar-refractivity contribution in [2.24, 2.45) is 0 Å². The molecule has 1 atom stereocenters. The van der Waals surface area contributed by atoms with Crippen molar-refractivity contribution in [3.05, 3.63) is 17.0 Å². The highest BCUT2D eigenvalue weighted by Gasteiger charge is 2.28. The number of anilines is 1. The van der Waals surface area contributed by atoms with Crippen molar-refractivity contribution in [1.82, 2.24) is 19.4 Å². The fourth-order valence-electron chi connectivity index (χ4n) is 3.43. The lowest BCUT2D eigenvalue weighted by atomic mass is 10.1. The van der Waals surface area contributed by atoms with Crippen molar-refractivity contribution in [3.63, 3.8) is 0 Å². The van der Waals surface area contributed by atoms with Crippen molar-refractivity contribution in [1.29, 1.82) is 0 Å². The van der Waals surface area contributed by atoms with Gasteiger partial charge in [-0.05, 0) is 54.7 Å². The monoisotopic (exact) mass is 363 g/mol. The Hall–Kier alpha value is -1.14. The third-order valence-corrected chi connectivity index (χ3v) is 5.40. The molecule has 2 fully saturated rings. The van der Waals surface area contributed by atoms with Crippen LogP contribution >= 0.6 is 15.9 Å². The highest BCUT2D eigenvalue weighted by molar-refractivity contribution is 9.10. The molecule has 2 aromatic rings. The summed E-state index contributed by atoms with van der Waals surface area (Å²) >= 11 is 3.70. The van der Waals surface area contributed by atoms with Gasteiger partial charge in [-0.15, -0.1) is 0 Å². The Balaban J connectivity index is 1.64. The van der Waals surface area contributed by atoms with Crippen LogP contribution in [0.1, 0.15) is 38.6 Å².